The van der Waals surface area contributed by atoms with Gasteiger partial charge in [0.2, 0.25) is 5.91 Å². The van der Waals surface area contributed by atoms with Crippen molar-refractivity contribution in [1.29, 1.82) is 0 Å². The highest BCUT2D eigenvalue weighted by Crippen LogP contribution is 2.16. The van der Waals surface area contributed by atoms with E-state index in [9.17, 15) is 9.59 Å². The van der Waals surface area contributed by atoms with Crippen molar-refractivity contribution < 1.29 is 14.3 Å². The highest BCUT2D eigenvalue weighted by molar-refractivity contribution is 5.92. The topological polar surface area (TPSA) is 81.4 Å². The molecule has 0 unspecified atom stereocenters. The van der Waals surface area contributed by atoms with Gasteiger partial charge < -0.3 is 15.8 Å². The molecular formula is C21H26N2O3. The van der Waals surface area contributed by atoms with Gasteiger partial charge in [-0.05, 0) is 54.7 Å². The Morgan fingerprint density at radius 2 is 1.62 bits per heavy atom. The maximum absolute atomic E-state index is 12.1. The van der Waals surface area contributed by atoms with E-state index in [1.165, 1.54) is 5.56 Å². The van der Waals surface area contributed by atoms with Crippen molar-refractivity contribution in [1.82, 2.24) is 5.32 Å². The molecule has 0 aliphatic carbocycles. The fourth-order valence-corrected chi connectivity index (χ4v) is 2.64. The highest BCUT2D eigenvalue weighted by Gasteiger charge is 2.11. The Balaban J connectivity index is 1.83. The van der Waals surface area contributed by atoms with Crippen LogP contribution in [0.15, 0.2) is 48.5 Å². The fraction of sp³-hybridized carbons (Fsp3) is 0.333. The molecule has 0 aliphatic heterocycles. The minimum atomic E-state index is -0.498. The summed E-state index contributed by atoms with van der Waals surface area (Å²) in [5.41, 5.74) is 7.93. The van der Waals surface area contributed by atoms with Crippen LogP contribution in [0.5, 0.6) is 5.75 Å². The first-order valence-electron chi connectivity index (χ1n) is 8.76. The molecule has 2 rings (SSSR count). The zero-order valence-electron chi connectivity index (χ0n) is 15.5. The van der Waals surface area contributed by atoms with Crippen molar-refractivity contribution in [3.8, 4) is 5.75 Å². The normalized spacial score (nSPS) is 11.8. The van der Waals surface area contributed by atoms with Gasteiger partial charge in [0.25, 0.3) is 5.91 Å². The predicted molar refractivity (Wildman–Crippen MR) is 102 cm³/mol. The van der Waals surface area contributed by atoms with Gasteiger partial charge in [-0.1, -0.05) is 38.1 Å². The van der Waals surface area contributed by atoms with Crippen molar-refractivity contribution >= 4 is 11.8 Å². The molecule has 0 bridgehead atoms. The molecule has 0 saturated heterocycles. The molecule has 0 radical (unpaired) electrons. The molecule has 0 aliphatic rings. The van der Waals surface area contributed by atoms with Crippen LogP contribution in [0, 0.1) is 5.92 Å². The maximum atomic E-state index is 12.1. The lowest BCUT2D eigenvalue weighted by molar-refractivity contribution is -0.123. The van der Waals surface area contributed by atoms with E-state index < -0.39 is 5.91 Å². The Hall–Kier alpha value is -2.82. The SMILES string of the molecule is CC(C)Cc1ccc([C@H](C)NC(=O)COc2ccc(C(N)=O)cc2)cc1. The van der Waals surface area contributed by atoms with E-state index >= 15 is 0 Å². The molecule has 0 fully saturated rings. The van der Waals surface area contributed by atoms with Gasteiger partial charge >= 0.3 is 0 Å². The summed E-state index contributed by atoms with van der Waals surface area (Å²) in [4.78, 5) is 23.1. The number of carbonyl (C=O) groups is 2. The number of nitrogens with two attached hydrogens (primary N) is 1. The second kappa shape index (κ2) is 9.04. The molecule has 2 aromatic carbocycles. The van der Waals surface area contributed by atoms with Crippen LogP contribution in [0.2, 0.25) is 0 Å². The largest absolute Gasteiger partial charge is 0.484 e. The van der Waals surface area contributed by atoms with Crippen LogP contribution in [-0.4, -0.2) is 18.4 Å². The number of benzene rings is 2. The first-order valence-corrected chi connectivity index (χ1v) is 8.76. The van der Waals surface area contributed by atoms with Gasteiger partial charge in [-0.15, -0.1) is 0 Å². The van der Waals surface area contributed by atoms with Gasteiger partial charge in [-0.3, -0.25) is 9.59 Å². The molecule has 5 nitrogen and oxygen atoms in total. The molecule has 1 atom stereocenters. The van der Waals surface area contributed by atoms with Crippen LogP contribution in [0.3, 0.4) is 0 Å². The monoisotopic (exact) mass is 354 g/mol. The number of hydrogen-bond donors (Lipinski definition) is 2. The van der Waals surface area contributed by atoms with Crippen LogP contribution in [-0.2, 0) is 11.2 Å². The van der Waals surface area contributed by atoms with Crippen LogP contribution in [0.4, 0.5) is 0 Å². The van der Waals surface area contributed by atoms with E-state index in [0.717, 1.165) is 12.0 Å². The van der Waals surface area contributed by atoms with Gasteiger partial charge in [0.15, 0.2) is 6.61 Å². The molecule has 26 heavy (non-hydrogen) atoms. The highest BCUT2D eigenvalue weighted by atomic mass is 16.5. The Morgan fingerprint density at radius 3 is 2.15 bits per heavy atom. The Morgan fingerprint density at radius 1 is 1.00 bits per heavy atom. The first-order chi connectivity index (χ1) is 12.3. The summed E-state index contributed by atoms with van der Waals surface area (Å²) in [6.07, 6.45) is 1.05. The van der Waals surface area contributed by atoms with Crippen LogP contribution < -0.4 is 15.8 Å². The quantitative estimate of drug-likeness (QED) is 0.763. The summed E-state index contributed by atoms with van der Waals surface area (Å²) < 4.78 is 5.44. The molecule has 2 amide bonds. The zero-order valence-corrected chi connectivity index (χ0v) is 15.5. The number of carbonyl (C=O) groups excluding carboxylic acids is 2. The van der Waals surface area contributed by atoms with E-state index in [4.69, 9.17) is 10.5 Å². The van der Waals surface area contributed by atoms with Gasteiger partial charge in [0.1, 0.15) is 5.75 Å². The maximum Gasteiger partial charge on any atom is 0.258 e. The number of rotatable bonds is 8. The molecule has 5 heteroatoms. The lowest BCUT2D eigenvalue weighted by Crippen LogP contribution is -2.31. The molecule has 0 spiro atoms. The minimum absolute atomic E-state index is 0.0916. The molecule has 138 valence electrons. The van der Waals surface area contributed by atoms with E-state index in [0.29, 0.717) is 17.2 Å². The Labute approximate surface area is 154 Å². The lowest BCUT2D eigenvalue weighted by Gasteiger charge is -2.15. The van der Waals surface area contributed by atoms with Gasteiger partial charge in [-0.2, -0.15) is 0 Å². The summed E-state index contributed by atoms with van der Waals surface area (Å²) in [6, 6.07) is 14.6. The summed E-state index contributed by atoms with van der Waals surface area (Å²) in [5, 5.41) is 2.92. The number of nitrogens with one attached hydrogen (secondary N) is 1. The molecule has 3 N–H and O–H groups in total. The smallest absolute Gasteiger partial charge is 0.258 e. The molecular weight excluding hydrogens is 328 g/mol. The van der Waals surface area contributed by atoms with Gasteiger partial charge in [-0.25, -0.2) is 0 Å². The van der Waals surface area contributed by atoms with E-state index in [2.05, 4.69) is 31.3 Å². The number of primary amides is 1. The molecule has 2 aromatic rings. The predicted octanol–water partition coefficient (Wildman–Crippen LogP) is 3.24. The Kier molecular flexibility index (Phi) is 6.78. The summed E-state index contributed by atoms with van der Waals surface area (Å²) >= 11 is 0. The van der Waals surface area contributed by atoms with Crippen molar-refractivity contribution in [3.63, 3.8) is 0 Å². The lowest BCUT2D eigenvalue weighted by atomic mass is 10.00. The number of ether oxygens (including phenoxy) is 1. The standard InChI is InChI=1S/C21H26N2O3/c1-14(2)12-16-4-6-17(7-5-16)15(3)23-20(24)13-26-19-10-8-18(9-11-19)21(22)25/h4-11,14-15H,12-13H2,1-3H3,(H2,22,25)(H,23,24)/t15-/m0/s1. The van der Waals surface area contributed by atoms with Crippen molar-refractivity contribution in [2.75, 3.05) is 6.61 Å². The number of amides is 2. The molecule has 0 aromatic heterocycles. The molecule has 0 heterocycles. The van der Waals surface area contributed by atoms with Crippen molar-refractivity contribution in [3.05, 3.63) is 65.2 Å². The zero-order chi connectivity index (χ0) is 19.1. The average molecular weight is 354 g/mol. The molecule has 0 saturated carbocycles. The van der Waals surface area contributed by atoms with Crippen LogP contribution in [0.1, 0.15) is 48.3 Å². The third-order valence-electron chi connectivity index (χ3n) is 4.01. The average Bonchev–Trinajstić information content (AvgIpc) is 2.60. The summed E-state index contributed by atoms with van der Waals surface area (Å²) in [7, 11) is 0. The number of hydrogen-bond acceptors (Lipinski definition) is 3. The van der Waals surface area contributed by atoms with Gasteiger partial charge in [0.05, 0.1) is 6.04 Å². The van der Waals surface area contributed by atoms with E-state index in [1.54, 1.807) is 24.3 Å². The first kappa shape index (κ1) is 19.5. The second-order valence-electron chi connectivity index (χ2n) is 6.81. The Bertz CT molecular complexity index is 737. The van der Waals surface area contributed by atoms with E-state index in [-0.39, 0.29) is 18.6 Å². The van der Waals surface area contributed by atoms with Crippen LogP contribution in [0.25, 0.3) is 0 Å². The van der Waals surface area contributed by atoms with Crippen LogP contribution >= 0.6 is 0 Å². The van der Waals surface area contributed by atoms with Crippen molar-refractivity contribution in [2.24, 2.45) is 11.7 Å². The third-order valence-corrected chi connectivity index (χ3v) is 4.01. The van der Waals surface area contributed by atoms with Crippen molar-refractivity contribution in [2.45, 2.75) is 33.2 Å². The second-order valence-corrected chi connectivity index (χ2v) is 6.81. The fourth-order valence-electron chi connectivity index (χ4n) is 2.64. The minimum Gasteiger partial charge on any atom is -0.484 e. The van der Waals surface area contributed by atoms with E-state index in [1.807, 2.05) is 19.1 Å². The third kappa shape index (κ3) is 5.92. The summed E-state index contributed by atoms with van der Waals surface area (Å²) in [6.45, 7) is 6.24. The summed E-state index contributed by atoms with van der Waals surface area (Å²) in [5.74, 6) is 0.424. The van der Waals surface area contributed by atoms with Gasteiger partial charge in [0, 0.05) is 5.56 Å².